The number of rotatable bonds is 30. The van der Waals surface area contributed by atoms with Gasteiger partial charge < -0.3 is 25.7 Å². The lowest BCUT2D eigenvalue weighted by molar-refractivity contribution is -0.132. The normalized spacial score (nSPS) is 15.0. The quantitative estimate of drug-likeness (QED) is 0.0442. The highest BCUT2D eigenvalue weighted by Gasteiger charge is 2.28. The van der Waals surface area contributed by atoms with Crippen molar-refractivity contribution < 1.29 is 25.2 Å². The van der Waals surface area contributed by atoms with E-state index >= 15 is 0 Å². The van der Waals surface area contributed by atoms with Crippen LogP contribution in [0.25, 0.3) is 0 Å². The molecule has 0 heterocycles. The summed E-state index contributed by atoms with van der Waals surface area (Å²) < 4.78 is 0. The average molecular weight is 582 g/mol. The SMILES string of the molecule is CC/C=C\C/C=C\CCCCCCCCCCCCCCCC(O)C(=O)NC(CO)C(O)C(O)CCCCCCC. The third-order valence-corrected chi connectivity index (χ3v) is 7.93. The second-order valence-corrected chi connectivity index (χ2v) is 11.8. The Bertz CT molecular complexity index is 624. The molecule has 0 saturated heterocycles. The van der Waals surface area contributed by atoms with Gasteiger partial charge in [0.05, 0.1) is 18.8 Å². The summed E-state index contributed by atoms with van der Waals surface area (Å²) in [5, 5.41) is 42.9. The van der Waals surface area contributed by atoms with Crippen LogP contribution in [0.1, 0.15) is 162 Å². The maximum absolute atomic E-state index is 12.3. The lowest BCUT2D eigenvalue weighted by atomic mass is 9.99. The maximum Gasteiger partial charge on any atom is 0.249 e. The fourth-order valence-electron chi connectivity index (χ4n) is 5.14. The van der Waals surface area contributed by atoms with Gasteiger partial charge in [-0.1, -0.05) is 147 Å². The maximum atomic E-state index is 12.3. The number of nitrogens with one attached hydrogen (secondary N) is 1. The van der Waals surface area contributed by atoms with E-state index in [9.17, 15) is 25.2 Å². The van der Waals surface area contributed by atoms with Crippen LogP contribution in [0.4, 0.5) is 0 Å². The summed E-state index contributed by atoms with van der Waals surface area (Å²) in [5.74, 6) is -0.592. The number of hydrogen-bond donors (Lipinski definition) is 5. The summed E-state index contributed by atoms with van der Waals surface area (Å²) >= 11 is 0. The zero-order valence-corrected chi connectivity index (χ0v) is 26.8. The second-order valence-electron chi connectivity index (χ2n) is 11.8. The number of carbonyl (C=O) groups is 1. The van der Waals surface area contributed by atoms with E-state index in [1.807, 2.05) is 0 Å². The van der Waals surface area contributed by atoms with Crippen molar-refractivity contribution in [1.82, 2.24) is 5.32 Å². The van der Waals surface area contributed by atoms with Crippen molar-refractivity contribution in [3.63, 3.8) is 0 Å². The van der Waals surface area contributed by atoms with Crippen molar-refractivity contribution in [2.75, 3.05) is 6.61 Å². The number of amides is 1. The first-order valence-electron chi connectivity index (χ1n) is 17.2. The number of hydrogen-bond acceptors (Lipinski definition) is 5. The Kier molecular flexibility index (Phi) is 29.4. The number of allylic oxidation sites excluding steroid dienone is 4. The van der Waals surface area contributed by atoms with Crippen molar-refractivity contribution in [3.05, 3.63) is 24.3 Å². The summed E-state index contributed by atoms with van der Waals surface area (Å²) in [6, 6.07) is -0.979. The van der Waals surface area contributed by atoms with Crippen LogP contribution in [0.2, 0.25) is 0 Å². The van der Waals surface area contributed by atoms with Crippen LogP contribution in [0.15, 0.2) is 24.3 Å². The van der Waals surface area contributed by atoms with Gasteiger partial charge in [-0.25, -0.2) is 0 Å². The molecule has 1 amide bonds. The van der Waals surface area contributed by atoms with Crippen LogP contribution in [0, 0.1) is 0 Å². The molecule has 6 heteroatoms. The molecule has 0 saturated carbocycles. The molecule has 242 valence electrons. The van der Waals surface area contributed by atoms with E-state index in [0.29, 0.717) is 12.8 Å². The molecule has 6 nitrogen and oxygen atoms in total. The molecule has 0 bridgehead atoms. The van der Waals surface area contributed by atoms with E-state index in [1.54, 1.807) is 0 Å². The highest BCUT2D eigenvalue weighted by Crippen LogP contribution is 2.15. The summed E-state index contributed by atoms with van der Waals surface area (Å²) in [6.45, 7) is 3.82. The van der Waals surface area contributed by atoms with Crippen LogP contribution >= 0.6 is 0 Å². The minimum absolute atomic E-state index is 0.368. The van der Waals surface area contributed by atoms with E-state index < -0.39 is 36.9 Å². The molecule has 0 fully saturated rings. The van der Waals surface area contributed by atoms with Gasteiger partial charge in [0.2, 0.25) is 5.91 Å². The Morgan fingerprint density at radius 1 is 0.634 bits per heavy atom. The molecule has 0 spiro atoms. The minimum Gasteiger partial charge on any atom is -0.394 e. The van der Waals surface area contributed by atoms with Crippen molar-refractivity contribution >= 4 is 5.91 Å². The summed E-state index contributed by atoms with van der Waals surface area (Å²) in [4.78, 5) is 12.3. The fourth-order valence-corrected chi connectivity index (χ4v) is 5.14. The Balaban J connectivity index is 3.68. The van der Waals surface area contributed by atoms with Gasteiger partial charge >= 0.3 is 0 Å². The lowest BCUT2D eigenvalue weighted by Gasteiger charge is -2.27. The minimum atomic E-state index is -1.25. The van der Waals surface area contributed by atoms with E-state index in [2.05, 4.69) is 43.5 Å². The Morgan fingerprint density at radius 2 is 1.12 bits per heavy atom. The molecular weight excluding hydrogens is 514 g/mol. The van der Waals surface area contributed by atoms with E-state index in [0.717, 1.165) is 64.2 Å². The van der Waals surface area contributed by atoms with Gasteiger partial charge in [-0.3, -0.25) is 4.79 Å². The Hall–Kier alpha value is -1.21. The predicted molar refractivity (Wildman–Crippen MR) is 173 cm³/mol. The molecule has 4 unspecified atom stereocenters. The predicted octanol–water partition coefficient (Wildman–Crippen LogP) is 7.67. The highest BCUT2D eigenvalue weighted by atomic mass is 16.3. The zero-order chi connectivity index (χ0) is 30.4. The molecule has 0 aliphatic rings. The van der Waals surface area contributed by atoms with Gasteiger partial charge in [0.25, 0.3) is 0 Å². The van der Waals surface area contributed by atoms with Crippen LogP contribution in [0.5, 0.6) is 0 Å². The molecule has 0 radical (unpaired) electrons. The lowest BCUT2D eigenvalue weighted by Crippen LogP contribution is -2.53. The molecule has 0 aromatic heterocycles. The van der Waals surface area contributed by atoms with Crippen molar-refractivity contribution in [1.29, 1.82) is 0 Å². The second kappa shape index (κ2) is 30.3. The summed E-state index contributed by atoms with van der Waals surface area (Å²) in [5.41, 5.74) is 0. The first kappa shape index (κ1) is 39.8. The smallest absolute Gasteiger partial charge is 0.249 e. The molecule has 0 aromatic rings. The van der Waals surface area contributed by atoms with Crippen molar-refractivity contribution in [2.24, 2.45) is 0 Å². The summed E-state index contributed by atoms with van der Waals surface area (Å²) in [6.07, 6.45) is 31.0. The van der Waals surface area contributed by atoms with Crippen LogP contribution in [-0.2, 0) is 4.79 Å². The van der Waals surface area contributed by atoms with E-state index in [4.69, 9.17) is 0 Å². The van der Waals surface area contributed by atoms with Gasteiger partial charge in [-0.2, -0.15) is 0 Å². The molecule has 4 atom stereocenters. The number of carbonyl (C=O) groups excluding carboxylic acids is 1. The van der Waals surface area contributed by atoms with Gasteiger partial charge in [-0.15, -0.1) is 0 Å². The fraction of sp³-hybridized carbons (Fsp3) is 0.857. The van der Waals surface area contributed by atoms with Crippen LogP contribution in [0.3, 0.4) is 0 Å². The first-order chi connectivity index (χ1) is 20.0. The molecule has 41 heavy (non-hydrogen) atoms. The summed E-state index contributed by atoms with van der Waals surface area (Å²) in [7, 11) is 0. The zero-order valence-electron chi connectivity index (χ0n) is 26.8. The third-order valence-electron chi connectivity index (χ3n) is 7.93. The molecule has 0 aliphatic heterocycles. The van der Waals surface area contributed by atoms with Crippen molar-refractivity contribution in [2.45, 2.75) is 186 Å². The topological polar surface area (TPSA) is 110 Å². The third kappa shape index (κ3) is 25.0. The van der Waals surface area contributed by atoms with Crippen molar-refractivity contribution in [3.8, 4) is 0 Å². The Labute approximate surface area is 253 Å². The molecule has 0 aromatic carbocycles. The highest BCUT2D eigenvalue weighted by molar-refractivity contribution is 5.80. The standard InChI is InChI=1S/C35H67NO5/c1-3-5-7-9-10-11-12-13-14-15-16-17-18-19-20-21-22-23-25-27-29-33(39)35(41)36-31(30-37)34(40)32(38)28-26-24-8-6-4-2/h5,7,10-11,31-34,37-40H,3-4,6,8-9,12-30H2,1-2H3,(H,36,41)/b7-5-,11-10-. The van der Waals surface area contributed by atoms with Crippen LogP contribution < -0.4 is 5.32 Å². The van der Waals surface area contributed by atoms with Crippen LogP contribution in [-0.4, -0.2) is 57.3 Å². The largest absolute Gasteiger partial charge is 0.394 e. The molecule has 0 aliphatic carbocycles. The van der Waals surface area contributed by atoms with Gasteiger partial charge in [0.15, 0.2) is 0 Å². The molecule has 5 N–H and O–H groups in total. The Morgan fingerprint density at radius 3 is 1.66 bits per heavy atom. The molecule has 0 rings (SSSR count). The van der Waals surface area contributed by atoms with E-state index in [-0.39, 0.29) is 0 Å². The van der Waals surface area contributed by atoms with Gasteiger partial charge in [0.1, 0.15) is 12.2 Å². The van der Waals surface area contributed by atoms with E-state index in [1.165, 1.54) is 70.6 Å². The van der Waals surface area contributed by atoms with Gasteiger partial charge in [0, 0.05) is 0 Å². The molecular formula is C35H67NO5. The number of aliphatic hydroxyl groups excluding tert-OH is 4. The average Bonchev–Trinajstić information content (AvgIpc) is 2.97. The monoisotopic (exact) mass is 582 g/mol. The first-order valence-corrected chi connectivity index (χ1v) is 17.2. The number of aliphatic hydroxyl groups is 4. The van der Waals surface area contributed by atoms with Gasteiger partial charge in [-0.05, 0) is 38.5 Å². The number of unbranched alkanes of at least 4 members (excludes halogenated alkanes) is 17.